The van der Waals surface area contributed by atoms with Crippen molar-refractivity contribution in [2.45, 2.75) is 58.2 Å². The van der Waals surface area contributed by atoms with Crippen LogP contribution < -0.4 is 20.7 Å². The summed E-state index contributed by atoms with van der Waals surface area (Å²) in [6.45, 7) is 8.60. The highest BCUT2D eigenvalue weighted by Gasteiger charge is 2.25. The summed E-state index contributed by atoms with van der Waals surface area (Å²) in [5.41, 5.74) is 1.10. The molecule has 0 radical (unpaired) electrons. The van der Waals surface area contributed by atoms with Gasteiger partial charge in [0, 0.05) is 37.3 Å². The lowest BCUT2D eigenvalue weighted by molar-refractivity contribution is 0.0211. The van der Waals surface area contributed by atoms with Gasteiger partial charge in [0.15, 0.2) is 0 Å². The number of nitrogens with zero attached hydrogens (tertiary/aromatic N) is 2. The third kappa shape index (κ3) is 5.24. The molecule has 8 heteroatoms. The number of hydrogen-bond donors (Lipinski definition) is 4. The van der Waals surface area contributed by atoms with Gasteiger partial charge < -0.3 is 30.7 Å². The molecule has 4 atom stereocenters. The molecule has 0 spiro atoms. The second-order valence-corrected chi connectivity index (χ2v) is 8.35. The number of aliphatic hydroxyl groups excluding tert-OH is 1. The van der Waals surface area contributed by atoms with Crippen molar-refractivity contribution < 1.29 is 14.6 Å². The molecule has 0 aliphatic carbocycles. The molecule has 0 saturated carbocycles. The second kappa shape index (κ2) is 9.68. The molecule has 0 bridgehead atoms. The van der Waals surface area contributed by atoms with Crippen LogP contribution in [0.25, 0.3) is 0 Å². The number of hydrogen-bond acceptors (Lipinski definition) is 7. The van der Waals surface area contributed by atoms with Crippen LogP contribution in [-0.2, 0) is 0 Å². The zero-order chi connectivity index (χ0) is 21.8. The highest BCUT2D eigenvalue weighted by atomic mass is 16.6. The van der Waals surface area contributed by atoms with Crippen LogP contribution in [0.2, 0.25) is 0 Å². The number of benzene rings is 1. The van der Waals surface area contributed by atoms with Gasteiger partial charge in [-0.15, -0.1) is 0 Å². The first kappa shape index (κ1) is 22.4. The lowest BCUT2D eigenvalue weighted by Crippen LogP contribution is -2.45. The second-order valence-electron chi connectivity index (χ2n) is 8.35. The number of nitrogens with one attached hydrogen (secondary N) is 3. The third-order valence-corrected chi connectivity index (χ3v) is 6.09. The van der Waals surface area contributed by atoms with Gasteiger partial charge in [0.05, 0.1) is 5.69 Å². The van der Waals surface area contributed by atoms with E-state index in [1.165, 1.54) is 12.8 Å². The van der Waals surface area contributed by atoms with Gasteiger partial charge in [-0.1, -0.05) is 0 Å². The quantitative estimate of drug-likeness (QED) is 0.512. The number of carbonyl (C=O) groups is 1. The minimum Gasteiger partial charge on any atom is -0.445 e. The third-order valence-electron chi connectivity index (χ3n) is 6.09. The molecule has 2 heterocycles. The largest absolute Gasteiger partial charge is 0.445 e. The molecule has 1 amide bonds. The van der Waals surface area contributed by atoms with Crippen molar-refractivity contribution in [3.05, 3.63) is 35.7 Å². The summed E-state index contributed by atoms with van der Waals surface area (Å²) in [5.74, 6) is 1.10. The van der Waals surface area contributed by atoms with Gasteiger partial charge >= 0.3 is 0 Å². The highest BCUT2D eigenvalue weighted by Crippen LogP contribution is 2.31. The van der Waals surface area contributed by atoms with E-state index in [0.29, 0.717) is 23.0 Å². The predicted octanol–water partition coefficient (Wildman–Crippen LogP) is 1.75. The number of carbonyl (C=O) groups excluding carboxylic acids is 1. The fourth-order valence-corrected chi connectivity index (χ4v) is 3.89. The summed E-state index contributed by atoms with van der Waals surface area (Å²) in [5, 5.41) is 18.6. The van der Waals surface area contributed by atoms with Gasteiger partial charge in [-0.2, -0.15) is 0 Å². The number of ether oxygens (including phenoxy) is 1. The van der Waals surface area contributed by atoms with Gasteiger partial charge in [0.2, 0.25) is 0 Å². The van der Waals surface area contributed by atoms with E-state index in [1.54, 1.807) is 18.2 Å². The van der Waals surface area contributed by atoms with E-state index < -0.39 is 6.41 Å². The maximum absolute atomic E-state index is 13.0. The maximum Gasteiger partial charge on any atom is 0.279 e. The Kier molecular flexibility index (Phi) is 7.23. The van der Waals surface area contributed by atoms with E-state index in [9.17, 15) is 9.90 Å². The number of amides is 1. The molecular formula is C22H35N5O3. The van der Waals surface area contributed by atoms with Gasteiger partial charge in [-0.3, -0.25) is 9.69 Å². The molecule has 3 unspecified atom stereocenters. The zero-order valence-electron chi connectivity index (χ0n) is 18.6. The molecule has 4 N–H and O–H groups in total. The first-order valence-corrected chi connectivity index (χ1v) is 10.7. The topological polar surface area (TPSA) is 89.1 Å². The first-order chi connectivity index (χ1) is 14.3. The Morgan fingerprint density at radius 2 is 2.23 bits per heavy atom. The van der Waals surface area contributed by atoms with Crippen molar-refractivity contribution in [3.63, 3.8) is 0 Å². The SMILES string of the molecule is CNC(C)/C=C(/NC(=O)c1ccc2c(c1)NC(O)O2)N(C)C(C)CN1CCC[C@@H]1C. The van der Waals surface area contributed by atoms with Crippen molar-refractivity contribution in [1.29, 1.82) is 0 Å². The monoisotopic (exact) mass is 417 g/mol. The molecule has 1 aromatic carbocycles. The van der Waals surface area contributed by atoms with Crippen LogP contribution in [0, 0.1) is 0 Å². The molecule has 30 heavy (non-hydrogen) atoms. The number of likely N-dealkylation sites (N-methyl/N-ethyl adjacent to an activating group) is 2. The van der Waals surface area contributed by atoms with E-state index in [1.807, 2.05) is 27.1 Å². The van der Waals surface area contributed by atoms with Crippen molar-refractivity contribution >= 4 is 11.6 Å². The number of likely N-dealkylation sites (tertiary alicyclic amines) is 1. The molecule has 166 valence electrons. The smallest absolute Gasteiger partial charge is 0.279 e. The van der Waals surface area contributed by atoms with Gasteiger partial charge in [-0.25, -0.2) is 0 Å². The van der Waals surface area contributed by atoms with Crippen molar-refractivity contribution in [1.82, 2.24) is 20.4 Å². The summed E-state index contributed by atoms with van der Waals surface area (Å²) in [7, 11) is 3.92. The predicted molar refractivity (Wildman–Crippen MR) is 118 cm³/mol. The average Bonchev–Trinajstić information content (AvgIpc) is 3.29. The molecule has 1 fully saturated rings. The fourth-order valence-electron chi connectivity index (χ4n) is 3.89. The van der Waals surface area contributed by atoms with Crippen LogP contribution in [0.1, 0.15) is 44.0 Å². The fraction of sp³-hybridized carbons (Fsp3) is 0.591. The Morgan fingerprint density at radius 1 is 1.47 bits per heavy atom. The summed E-state index contributed by atoms with van der Waals surface area (Å²) >= 11 is 0. The van der Waals surface area contributed by atoms with Gasteiger partial charge in [0.25, 0.3) is 12.3 Å². The Hall–Kier alpha value is -2.29. The summed E-state index contributed by atoms with van der Waals surface area (Å²) in [6, 6.07) is 6.03. The number of fused-ring (bicyclic) bond motifs is 1. The maximum atomic E-state index is 13.0. The van der Waals surface area contributed by atoms with Crippen LogP contribution in [0.4, 0.5) is 5.69 Å². The lowest BCUT2D eigenvalue weighted by Gasteiger charge is -2.34. The van der Waals surface area contributed by atoms with Crippen LogP contribution in [-0.4, -0.2) is 72.5 Å². The Bertz CT molecular complexity index is 784. The molecule has 1 aromatic rings. The molecule has 8 nitrogen and oxygen atoms in total. The summed E-state index contributed by atoms with van der Waals surface area (Å²) in [4.78, 5) is 17.6. The van der Waals surface area contributed by atoms with E-state index in [-0.39, 0.29) is 18.0 Å². The summed E-state index contributed by atoms with van der Waals surface area (Å²) < 4.78 is 5.21. The molecule has 0 aromatic heterocycles. The molecule has 3 rings (SSSR count). The highest BCUT2D eigenvalue weighted by molar-refractivity contribution is 5.96. The summed E-state index contributed by atoms with van der Waals surface area (Å²) in [6.07, 6.45) is 3.45. The Morgan fingerprint density at radius 3 is 2.90 bits per heavy atom. The standard InChI is InChI=1S/C22H35N5O3/c1-14(23-4)11-20(26(5)16(3)13-27-10-6-7-15(27)2)25-21(28)17-8-9-19-18(12-17)24-22(29)30-19/h8-9,11-12,14-16,22-24,29H,6-7,10,13H2,1-5H3,(H,25,28)/b20-11-/t14?,15-,16?,22?/m0/s1. The zero-order valence-corrected chi connectivity index (χ0v) is 18.6. The van der Waals surface area contributed by atoms with Crippen molar-refractivity contribution in [2.75, 3.05) is 32.5 Å². The molecule has 2 aliphatic heterocycles. The average molecular weight is 418 g/mol. The van der Waals surface area contributed by atoms with Crippen molar-refractivity contribution in [3.8, 4) is 5.75 Å². The number of aliphatic hydroxyl groups is 1. The molecule has 1 saturated heterocycles. The Balaban J connectivity index is 1.72. The lowest BCUT2D eigenvalue weighted by atomic mass is 10.1. The van der Waals surface area contributed by atoms with Crippen LogP contribution in [0.3, 0.4) is 0 Å². The van der Waals surface area contributed by atoms with Crippen LogP contribution in [0.5, 0.6) is 5.75 Å². The van der Waals surface area contributed by atoms with Gasteiger partial charge in [0.1, 0.15) is 11.6 Å². The van der Waals surface area contributed by atoms with Gasteiger partial charge in [-0.05, 0) is 71.5 Å². The van der Waals surface area contributed by atoms with Crippen LogP contribution in [0.15, 0.2) is 30.1 Å². The number of anilines is 1. The first-order valence-electron chi connectivity index (χ1n) is 10.7. The molecular weight excluding hydrogens is 382 g/mol. The van der Waals surface area contributed by atoms with E-state index in [4.69, 9.17) is 4.74 Å². The van der Waals surface area contributed by atoms with E-state index in [2.05, 4.69) is 39.6 Å². The normalized spacial score (nSPS) is 23.3. The number of rotatable bonds is 8. The Labute approximate surface area is 179 Å². The molecule has 2 aliphatic rings. The van der Waals surface area contributed by atoms with E-state index in [0.717, 1.165) is 18.9 Å². The van der Waals surface area contributed by atoms with E-state index >= 15 is 0 Å². The minimum atomic E-state index is -1.08. The van der Waals surface area contributed by atoms with Crippen LogP contribution >= 0.6 is 0 Å². The minimum absolute atomic E-state index is 0.103. The van der Waals surface area contributed by atoms with Crippen molar-refractivity contribution in [2.24, 2.45) is 0 Å².